The van der Waals surface area contributed by atoms with Gasteiger partial charge in [0.2, 0.25) is 0 Å². The molecule has 3 rings (SSSR count). The third kappa shape index (κ3) is 4.30. The van der Waals surface area contributed by atoms with E-state index in [9.17, 15) is 4.79 Å². The van der Waals surface area contributed by atoms with Crippen LogP contribution in [-0.2, 0) is 4.79 Å². The molecule has 2 aromatic carbocycles. The molecule has 1 amide bonds. The van der Waals surface area contributed by atoms with Crippen molar-refractivity contribution in [3.8, 4) is 11.5 Å². The van der Waals surface area contributed by atoms with Crippen LogP contribution in [-0.4, -0.2) is 23.9 Å². The Kier molecular flexibility index (Phi) is 6.44. The predicted octanol–water partition coefficient (Wildman–Crippen LogP) is 5.41. The molecule has 0 aliphatic carbocycles. The lowest BCUT2D eigenvalue weighted by Crippen LogP contribution is -2.27. The number of hydrogen-bond acceptors (Lipinski definition) is 5. The summed E-state index contributed by atoms with van der Waals surface area (Å²) >= 11 is 8.95. The molecular formula is C20H18INO3S2. The van der Waals surface area contributed by atoms with E-state index in [1.807, 2.05) is 56.3 Å². The number of halogens is 1. The summed E-state index contributed by atoms with van der Waals surface area (Å²) in [5.74, 6) is 1.24. The Bertz CT molecular complexity index is 926. The van der Waals surface area contributed by atoms with Crippen LogP contribution in [0, 0.1) is 10.5 Å². The summed E-state index contributed by atoms with van der Waals surface area (Å²) in [4.78, 5) is 15.1. The van der Waals surface area contributed by atoms with E-state index in [0.717, 1.165) is 20.4 Å². The third-order valence-electron chi connectivity index (χ3n) is 3.92. The standard InChI is InChI=1S/C20H18INO3S2/c1-4-25-16-10-13(9-15(21)18(16)24-3)11-17-19(23)22(20(26)27-17)14-7-5-12(2)6-8-14/h5-11H,4H2,1-3H3/b17-11-. The van der Waals surface area contributed by atoms with Gasteiger partial charge in [-0.05, 0) is 72.3 Å². The van der Waals surface area contributed by atoms with Gasteiger partial charge in [-0.15, -0.1) is 0 Å². The van der Waals surface area contributed by atoms with Crippen molar-refractivity contribution in [1.29, 1.82) is 0 Å². The highest BCUT2D eigenvalue weighted by Crippen LogP contribution is 2.38. The first-order chi connectivity index (χ1) is 12.9. The van der Waals surface area contributed by atoms with Gasteiger partial charge in [0.25, 0.3) is 5.91 Å². The first-order valence-corrected chi connectivity index (χ1v) is 10.6. The fraction of sp³-hybridized carbons (Fsp3) is 0.200. The minimum atomic E-state index is -0.113. The van der Waals surface area contributed by atoms with Crippen LogP contribution in [0.4, 0.5) is 5.69 Å². The highest BCUT2D eigenvalue weighted by molar-refractivity contribution is 14.1. The number of carbonyl (C=O) groups is 1. The molecular weight excluding hydrogens is 493 g/mol. The number of benzene rings is 2. The Morgan fingerprint density at radius 1 is 1.26 bits per heavy atom. The molecule has 1 heterocycles. The second-order valence-electron chi connectivity index (χ2n) is 5.82. The largest absolute Gasteiger partial charge is 0.492 e. The fourth-order valence-corrected chi connectivity index (χ4v) is 4.81. The summed E-state index contributed by atoms with van der Waals surface area (Å²) in [6.07, 6.45) is 1.84. The van der Waals surface area contributed by atoms with Gasteiger partial charge in [0.1, 0.15) is 0 Å². The van der Waals surface area contributed by atoms with Gasteiger partial charge < -0.3 is 9.47 Å². The molecule has 0 unspecified atom stereocenters. The molecule has 1 aliphatic rings. The summed E-state index contributed by atoms with van der Waals surface area (Å²) in [5.41, 5.74) is 2.79. The van der Waals surface area contributed by atoms with E-state index in [-0.39, 0.29) is 5.91 Å². The molecule has 4 nitrogen and oxygen atoms in total. The molecule has 0 N–H and O–H groups in total. The van der Waals surface area contributed by atoms with Crippen LogP contribution in [0.1, 0.15) is 18.1 Å². The number of anilines is 1. The van der Waals surface area contributed by atoms with Crippen LogP contribution >= 0.6 is 46.6 Å². The number of rotatable bonds is 5. The molecule has 27 heavy (non-hydrogen) atoms. The summed E-state index contributed by atoms with van der Waals surface area (Å²) < 4.78 is 12.5. The summed E-state index contributed by atoms with van der Waals surface area (Å²) in [6, 6.07) is 11.6. The van der Waals surface area contributed by atoms with Crippen LogP contribution in [0.2, 0.25) is 0 Å². The van der Waals surface area contributed by atoms with Gasteiger partial charge in [0.05, 0.1) is 27.9 Å². The fourth-order valence-electron chi connectivity index (χ4n) is 2.67. The lowest BCUT2D eigenvalue weighted by atomic mass is 10.1. The van der Waals surface area contributed by atoms with Gasteiger partial charge in [0, 0.05) is 0 Å². The molecule has 0 saturated carbocycles. The maximum atomic E-state index is 12.9. The van der Waals surface area contributed by atoms with E-state index in [1.54, 1.807) is 12.0 Å². The minimum absolute atomic E-state index is 0.113. The first kappa shape index (κ1) is 20.2. The van der Waals surface area contributed by atoms with Gasteiger partial charge in [-0.3, -0.25) is 9.69 Å². The average molecular weight is 511 g/mol. The summed E-state index contributed by atoms with van der Waals surface area (Å²) in [7, 11) is 1.62. The quantitative estimate of drug-likeness (QED) is 0.305. The van der Waals surface area contributed by atoms with Crippen molar-refractivity contribution in [2.75, 3.05) is 18.6 Å². The number of hydrogen-bond donors (Lipinski definition) is 0. The number of amides is 1. The Balaban J connectivity index is 1.95. The molecule has 1 fully saturated rings. The van der Waals surface area contributed by atoms with E-state index >= 15 is 0 Å². The zero-order valence-corrected chi connectivity index (χ0v) is 18.9. The van der Waals surface area contributed by atoms with Crippen molar-refractivity contribution >= 4 is 68.6 Å². The molecule has 0 bridgehead atoms. The van der Waals surface area contributed by atoms with E-state index in [2.05, 4.69) is 22.6 Å². The van der Waals surface area contributed by atoms with Crippen molar-refractivity contribution in [1.82, 2.24) is 0 Å². The van der Waals surface area contributed by atoms with Crippen molar-refractivity contribution in [2.45, 2.75) is 13.8 Å². The maximum absolute atomic E-state index is 12.9. The van der Waals surface area contributed by atoms with Crippen molar-refractivity contribution in [3.05, 3.63) is 56.0 Å². The maximum Gasteiger partial charge on any atom is 0.270 e. The molecule has 0 spiro atoms. The zero-order chi connectivity index (χ0) is 19.6. The molecule has 0 radical (unpaired) electrons. The van der Waals surface area contributed by atoms with E-state index in [1.165, 1.54) is 11.8 Å². The van der Waals surface area contributed by atoms with E-state index < -0.39 is 0 Å². The van der Waals surface area contributed by atoms with Crippen LogP contribution in [0.25, 0.3) is 6.08 Å². The Hall–Kier alpha value is -1.58. The minimum Gasteiger partial charge on any atom is -0.492 e. The number of aryl methyl sites for hydroxylation is 1. The number of nitrogens with zero attached hydrogens (tertiary/aromatic N) is 1. The Morgan fingerprint density at radius 2 is 1.96 bits per heavy atom. The van der Waals surface area contributed by atoms with Gasteiger partial charge >= 0.3 is 0 Å². The highest BCUT2D eigenvalue weighted by Gasteiger charge is 2.33. The van der Waals surface area contributed by atoms with Gasteiger partial charge in [-0.25, -0.2) is 0 Å². The zero-order valence-electron chi connectivity index (χ0n) is 15.1. The Morgan fingerprint density at radius 3 is 2.59 bits per heavy atom. The third-order valence-corrected chi connectivity index (χ3v) is 6.02. The normalized spacial score (nSPS) is 15.6. The highest BCUT2D eigenvalue weighted by atomic mass is 127. The molecule has 0 aromatic heterocycles. The molecule has 1 aliphatic heterocycles. The number of thioether (sulfide) groups is 1. The topological polar surface area (TPSA) is 38.8 Å². The van der Waals surface area contributed by atoms with E-state index in [4.69, 9.17) is 21.7 Å². The number of thiocarbonyl (C=S) groups is 1. The molecule has 140 valence electrons. The van der Waals surface area contributed by atoms with Crippen molar-refractivity contribution in [3.63, 3.8) is 0 Å². The lowest BCUT2D eigenvalue weighted by molar-refractivity contribution is -0.113. The van der Waals surface area contributed by atoms with Crippen molar-refractivity contribution < 1.29 is 14.3 Å². The monoisotopic (exact) mass is 511 g/mol. The molecule has 0 atom stereocenters. The average Bonchev–Trinajstić information content (AvgIpc) is 2.90. The van der Waals surface area contributed by atoms with Gasteiger partial charge in [-0.2, -0.15) is 0 Å². The number of methoxy groups -OCH3 is 1. The van der Waals surface area contributed by atoms with Crippen LogP contribution in [0.5, 0.6) is 11.5 Å². The Labute approximate surface area is 182 Å². The van der Waals surface area contributed by atoms with Crippen molar-refractivity contribution in [2.24, 2.45) is 0 Å². The van der Waals surface area contributed by atoms with Gasteiger partial charge in [0.15, 0.2) is 15.8 Å². The number of carbonyl (C=O) groups excluding carboxylic acids is 1. The van der Waals surface area contributed by atoms with Crippen LogP contribution in [0.3, 0.4) is 0 Å². The summed E-state index contributed by atoms with van der Waals surface area (Å²) in [6.45, 7) is 4.46. The summed E-state index contributed by atoms with van der Waals surface area (Å²) in [5, 5.41) is 0. The smallest absolute Gasteiger partial charge is 0.270 e. The van der Waals surface area contributed by atoms with E-state index in [0.29, 0.717) is 27.3 Å². The number of ether oxygens (including phenoxy) is 2. The van der Waals surface area contributed by atoms with Gasteiger partial charge in [-0.1, -0.05) is 41.7 Å². The van der Waals surface area contributed by atoms with Crippen LogP contribution < -0.4 is 14.4 Å². The predicted molar refractivity (Wildman–Crippen MR) is 124 cm³/mol. The first-order valence-electron chi connectivity index (χ1n) is 8.29. The SMILES string of the molecule is CCOc1cc(/C=C2\SC(=S)N(c3ccc(C)cc3)C2=O)cc(I)c1OC. The molecule has 1 saturated heterocycles. The van der Waals surface area contributed by atoms with Crippen LogP contribution in [0.15, 0.2) is 41.3 Å². The molecule has 7 heteroatoms. The second-order valence-corrected chi connectivity index (χ2v) is 8.66. The second kappa shape index (κ2) is 8.62. The molecule has 2 aromatic rings. The lowest BCUT2D eigenvalue weighted by Gasteiger charge is -2.14.